The zero-order chi connectivity index (χ0) is 12.6. The summed E-state index contributed by atoms with van der Waals surface area (Å²) in [6, 6.07) is 1.35. The Kier molecular flexibility index (Phi) is 3.02. The van der Waals surface area contributed by atoms with Gasteiger partial charge in [-0.15, -0.1) is 0 Å². The minimum absolute atomic E-state index is 0.0620. The number of aromatic carboxylic acids is 1. The van der Waals surface area contributed by atoms with Crippen LogP contribution < -0.4 is 10.7 Å². The number of pyridine rings is 1. The lowest BCUT2D eigenvalue weighted by molar-refractivity contribution is -0.255. The van der Waals surface area contributed by atoms with Crippen LogP contribution in [0.15, 0.2) is 10.9 Å². The number of ether oxygens (including phenoxy) is 1. The highest BCUT2D eigenvalue weighted by molar-refractivity contribution is 5.85. The highest BCUT2D eigenvalue weighted by Crippen LogP contribution is 2.22. The van der Waals surface area contributed by atoms with Crippen molar-refractivity contribution in [1.29, 1.82) is 0 Å². The smallest absolute Gasteiger partial charge is 0.257 e. The monoisotopic (exact) mass is 236 g/mol. The van der Waals surface area contributed by atoms with Crippen molar-refractivity contribution in [2.75, 3.05) is 0 Å². The van der Waals surface area contributed by atoms with Crippen LogP contribution in [0.5, 0.6) is 0 Å². The Balaban J connectivity index is 2.39. The lowest BCUT2D eigenvalue weighted by Gasteiger charge is -2.28. The van der Waals surface area contributed by atoms with E-state index in [1.54, 1.807) is 0 Å². The third-order valence-electron chi connectivity index (χ3n) is 3.04. The van der Waals surface area contributed by atoms with Gasteiger partial charge in [-0.3, -0.25) is 4.79 Å². The van der Waals surface area contributed by atoms with E-state index in [1.165, 1.54) is 6.07 Å². The fourth-order valence-corrected chi connectivity index (χ4v) is 1.96. The number of hydrogen-bond donors (Lipinski definition) is 1. The molecule has 0 saturated carbocycles. The number of fused-ring (bicyclic) bond motifs is 1. The van der Waals surface area contributed by atoms with E-state index in [1.807, 2.05) is 13.8 Å². The van der Waals surface area contributed by atoms with Gasteiger partial charge >= 0.3 is 0 Å². The summed E-state index contributed by atoms with van der Waals surface area (Å²) in [5.74, 6) is -1.10. The van der Waals surface area contributed by atoms with Crippen LogP contribution in [-0.2, 0) is 17.8 Å². The summed E-state index contributed by atoms with van der Waals surface area (Å²) < 4.78 is 5.61. The molecule has 1 aliphatic rings. The molecule has 1 atom stereocenters. The van der Waals surface area contributed by atoms with Crippen molar-refractivity contribution in [2.45, 2.75) is 33.0 Å². The van der Waals surface area contributed by atoms with Crippen LogP contribution >= 0.6 is 0 Å². The first kappa shape index (κ1) is 11.9. The zero-order valence-electron chi connectivity index (χ0n) is 9.78. The predicted octanol–water partition coefficient (Wildman–Crippen LogP) is -0.164. The maximum atomic E-state index is 11.5. The molecule has 17 heavy (non-hydrogen) atoms. The van der Waals surface area contributed by atoms with Gasteiger partial charge in [0.2, 0.25) is 0 Å². The Labute approximate surface area is 98.4 Å². The number of carboxylic acid groups (broad SMARTS) is 1. The molecule has 1 N–H and O–H groups in total. The zero-order valence-corrected chi connectivity index (χ0v) is 9.78. The Hall–Kier alpha value is -1.62. The number of carboxylic acids is 1. The number of hydrogen-bond acceptors (Lipinski definition) is 4. The van der Waals surface area contributed by atoms with Gasteiger partial charge in [-0.25, -0.2) is 0 Å². The van der Waals surface area contributed by atoms with E-state index in [-0.39, 0.29) is 11.7 Å². The third-order valence-corrected chi connectivity index (χ3v) is 3.04. The average molecular weight is 236 g/mol. The molecule has 0 bridgehead atoms. The van der Waals surface area contributed by atoms with Crippen molar-refractivity contribution < 1.29 is 14.6 Å². The molecular weight excluding hydrogens is 222 g/mol. The molecular formula is C12H14NO4-. The summed E-state index contributed by atoms with van der Waals surface area (Å²) in [7, 11) is 0. The van der Waals surface area contributed by atoms with E-state index in [4.69, 9.17) is 4.74 Å². The number of carbonyl (C=O) groups is 1. The van der Waals surface area contributed by atoms with Gasteiger partial charge in [-0.2, -0.15) is 0 Å². The number of rotatable bonds is 2. The van der Waals surface area contributed by atoms with Crippen molar-refractivity contribution in [3.05, 3.63) is 33.2 Å². The molecule has 0 aliphatic carbocycles. The summed E-state index contributed by atoms with van der Waals surface area (Å²) in [6.45, 7) is 4.42. The van der Waals surface area contributed by atoms with Gasteiger partial charge in [0.15, 0.2) is 0 Å². The minimum atomic E-state index is -1.46. The average Bonchev–Trinajstić information content (AvgIpc) is 2.26. The fraction of sp³-hybridized carbons (Fsp3) is 0.500. The highest BCUT2D eigenvalue weighted by atomic mass is 16.5. The summed E-state index contributed by atoms with van der Waals surface area (Å²) >= 11 is 0. The molecule has 5 heteroatoms. The van der Waals surface area contributed by atoms with Crippen LogP contribution in [0, 0.1) is 5.92 Å². The molecule has 1 unspecified atom stereocenters. The molecule has 2 heterocycles. The first-order valence-electron chi connectivity index (χ1n) is 5.57. The molecule has 1 aromatic heterocycles. The van der Waals surface area contributed by atoms with Crippen molar-refractivity contribution in [3.8, 4) is 0 Å². The van der Waals surface area contributed by atoms with Crippen LogP contribution in [-0.4, -0.2) is 17.1 Å². The van der Waals surface area contributed by atoms with Crippen LogP contribution in [0.3, 0.4) is 0 Å². The predicted molar refractivity (Wildman–Crippen MR) is 58.5 cm³/mol. The number of aromatic nitrogens is 1. The largest absolute Gasteiger partial charge is 0.545 e. The van der Waals surface area contributed by atoms with E-state index in [9.17, 15) is 14.7 Å². The summed E-state index contributed by atoms with van der Waals surface area (Å²) in [5, 5.41) is 10.7. The quantitative estimate of drug-likeness (QED) is 0.773. The summed E-state index contributed by atoms with van der Waals surface area (Å²) in [5.41, 5.74) is 0.550. The van der Waals surface area contributed by atoms with Crippen LogP contribution in [0.25, 0.3) is 0 Å². The van der Waals surface area contributed by atoms with Crippen molar-refractivity contribution in [2.24, 2.45) is 5.92 Å². The van der Waals surface area contributed by atoms with E-state index >= 15 is 0 Å². The summed E-state index contributed by atoms with van der Waals surface area (Å²) in [6.07, 6.45) is 0.669. The normalized spacial score (nSPS) is 19.1. The lowest BCUT2D eigenvalue weighted by Crippen LogP contribution is -2.34. The SMILES string of the molecule is CC(C)C1Cc2[nH]c(=O)c(C(=O)[O-])cc2CO1. The van der Waals surface area contributed by atoms with Gasteiger partial charge in [-0.1, -0.05) is 13.8 Å². The third kappa shape index (κ3) is 2.24. The van der Waals surface area contributed by atoms with Gasteiger partial charge in [-0.05, 0) is 17.5 Å². The second-order valence-electron chi connectivity index (χ2n) is 4.60. The Morgan fingerprint density at radius 1 is 1.59 bits per heavy atom. The standard InChI is InChI=1S/C12H15NO4/c1-6(2)10-4-9-7(5-17-10)3-8(12(15)16)11(14)13-9/h3,6,10H,4-5H2,1-2H3,(H,13,14)(H,15,16)/p-1. The van der Waals surface area contributed by atoms with Crippen molar-refractivity contribution >= 4 is 5.97 Å². The number of nitrogens with one attached hydrogen (secondary N) is 1. The molecule has 0 aromatic carbocycles. The number of aromatic amines is 1. The maximum Gasteiger partial charge on any atom is 0.257 e. The van der Waals surface area contributed by atoms with Crippen LogP contribution in [0.4, 0.5) is 0 Å². The van der Waals surface area contributed by atoms with Gasteiger partial charge in [0.1, 0.15) is 0 Å². The Bertz CT molecular complexity index is 504. The van der Waals surface area contributed by atoms with E-state index < -0.39 is 11.5 Å². The first-order valence-corrected chi connectivity index (χ1v) is 5.57. The second kappa shape index (κ2) is 4.33. The topological polar surface area (TPSA) is 82.2 Å². The molecule has 5 nitrogen and oxygen atoms in total. The molecule has 0 amide bonds. The van der Waals surface area contributed by atoms with Crippen LogP contribution in [0.2, 0.25) is 0 Å². The number of carbonyl (C=O) groups excluding carboxylic acids is 1. The fourth-order valence-electron chi connectivity index (χ4n) is 1.96. The Morgan fingerprint density at radius 2 is 2.29 bits per heavy atom. The molecule has 2 rings (SSSR count). The maximum absolute atomic E-state index is 11.5. The number of H-pyrrole nitrogens is 1. The molecule has 0 radical (unpaired) electrons. The van der Waals surface area contributed by atoms with Crippen LogP contribution in [0.1, 0.15) is 35.5 Å². The molecule has 1 aromatic rings. The van der Waals surface area contributed by atoms with E-state index in [2.05, 4.69) is 4.98 Å². The Morgan fingerprint density at radius 3 is 2.88 bits per heavy atom. The molecule has 0 spiro atoms. The van der Waals surface area contributed by atoms with E-state index in [0.29, 0.717) is 18.9 Å². The van der Waals surface area contributed by atoms with Gasteiger partial charge in [0, 0.05) is 12.1 Å². The molecule has 92 valence electrons. The molecule has 1 aliphatic heterocycles. The first-order chi connectivity index (χ1) is 7.99. The van der Waals surface area contributed by atoms with Gasteiger partial charge < -0.3 is 19.6 Å². The minimum Gasteiger partial charge on any atom is -0.545 e. The summed E-state index contributed by atoms with van der Waals surface area (Å²) in [4.78, 5) is 24.8. The molecule has 0 saturated heterocycles. The second-order valence-corrected chi connectivity index (χ2v) is 4.60. The van der Waals surface area contributed by atoms with Gasteiger partial charge in [0.05, 0.1) is 24.2 Å². The molecule has 0 fully saturated rings. The lowest BCUT2D eigenvalue weighted by atomic mass is 9.96. The van der Waals surface area contributed by atoms with Crippen molar-refractivity contribution in [1.82, 2.24) is 4.98 Å². The van der Waals surface area contributed by atoms with E-state index in [0.717, 1.165) is 11.3 Å². The van der Waals surface area contributed by atoms with Crippen molar-refractivity contribution in [3.63, 3.8) is 0 Å². The van der Waals surface area contributed by atoms with Gasteiger partial charge in [0.25, 0.3) is 5.56 Å². The highest BCUT2D eigenvalue weighted by Gasteiger charge is 2.23.